The van der Waals surface area contributed by atoms with Crippen molar-refractivity contribution in [2.45, 2.75) is 25.7 Å². The molecule has 0 N–H and O–H groups in total. The van der Waals surface area contributed by atoms with Crippen molar-refractivity contribution < 1.29 is 0 Å². The molecule has 0 bridgehead atoms. The molecule has 0 radical (unpaired) electrons. The summed E-state index contributed by atoms with van der Waals surface area (Å²) in [6, 6.07) is 32.2. The smallest absolute Gasteiger partial charge is 0.164 e. The van der Waals surface area contributed by atoms with E-state index < -0.39 is 0 Å². The highest BCUT2D eigenvalue weighted by Gasteiger charge is 2.16. The van der Waals surface area contributed by atoms with Gasteiger partial charge in [0.05, 0.1) is 0 Å². The van der Waals surface area contributed by atoms with Gasteiger partial charge in [0.25, 0.3) is 0 Å². The summed E-state index contributed by atoms with van der Waals surface area (Å²) in [6.45, 7) is 0. The second-order valence-corrected chi connectivity index (χ2v) is 11.8. The number of benzene rings is 4. The number of allylic oxidation sites excluding steroid dienone is 2. The first kappa shape index (κ1) is 24.2. The molecule has 0 aliphatic heterocycles. The quantitative estimate of drug-likeness (QED) is 0.221. The zero-order valence-corrected chi connectivity index (χ0v) is 23.4. The molecule has 6 aromatic rings. The van der Waals surface area contributed by atoms with Gasteiger partial charge in [-0.25, -0.2) is 15.0 Å². The zero-order chi connectivity index (χ0) is 27.2. The predicted molar refractivity (Wildman–Crippen MR) is 172 cm³/mol. The monoisotopic (exact) mass is 545 g/mol. The third kappa shape index (κ3) is 4.51. The van der Waals surface area contributed by atoms with Crippen molar-refractivity contribution in [2.24, 2.45) is 0 Å². The van der Waals surface area contributed by atoms with E-state index in [4.69, 9.17) is 15.0 Å². The van der Waals surface area contributed by atoms with Gasteiger partial charge in [-0.3, -0.25) is 0 Å². The maximum absolute atomic E-state index is 5.01. The topological polar surface area (TPSA) is 38.7 Å². The Labute approximate surface area is 243 Å². The first-order chi connectivity index (χ1) is 20.3. The number of thiophene rings is 1. The molecule has 0 saturated carbocycles. The number of nitrogens with zero attached hydrogens (tertiary/aromatic N) is 3. The van der Waals surface area contributed by atoms with Gasteiger partial charge < -0.3 is 0 Å². The highest BCUT2D eigenvalue weighted by Crippen LogP contribution is 2.38. The van der Waals surface area contributed by atoms with E-state index in [9.17, 15) is 0 Å². The average molecular weight is 546 g/mol. The molecule has 4 aromatic carbocycles. The zero-order valence-electron chi connectivity index (χ0n) is 22.5. The van der Waals surface area contributed by atoms with Gasteiger partial charge in [-0.15, -0.1) is 11.3 Å². The van der Waals surface area contributed by atoms with Gasteiger partial charge in [-0.1, -0.05) is 103 Å². The second kappa shape index (κ2) is 10.1. The lowest BCUT2D eigenvalue weighted by Crippen LogP contribution is -2.00. The highest BCUT2D eigenvalue weighted by atomic mass is 32.1. The minimum Gasteiger partial charge on any atom is -0.208 e. The minimum absolute atomic E-state index is 0.683. The van der Waals surface area contributed by atoms with Crippen LogP contribution in [0, 0.1) is 0 Å². The maximum Gasteiger partial charge on any atom is 0.164 e. The molecular formula is C37H27N3S. The molecule has 2 heterocycles. The van der Waals surface area contributed by atoms with Crippen LogP contribution in [0.1, 0.15) is 34.4 Å². The highest BCUT2D eigenvalue weighted by molar-refractivity contribution is 7.19. The number of rotatable bonds is 4. The van der Waals surface area contributed by atoms with Crippen LogP contribution in [0.4, 0.5) is 0 Å². The number of aryl methyl sites for hydroxylation is 2. The Kier molecular flexibility index (Phi) is 5.93. The summed E-state index contributed by atoms with van der Waals surface area (Å²) >= 11 is 1.89. The maximum atomic E-state index is 5.01. The Hall–Kier alpha value is -4.67. The summed E-state index contributed by atoms with van der Waals surface area (Å²) in [5, 5.41) is 1.32. The van der Waals surface area contributed by atoms with Crippen LogP contribution < -0.4 is 0 Å². The lowest BCUT2D eigenvalue weighted by atomic mass is 9.93. The third-order valence-corrected chi connectivity index (χ3v) is 9.28. The number of hydrogen-bond acceptors (Lipinski definition) is 4. The lowest BCUT2D eigenvalue weighted by molar-refractivity contribution is 0.986. The SMILES string of the molecule is C1=Cc2cc(-c3ccc(-c4nc(-c5ccccc5)nc(-c5ccc6c7c(sc6c5)CCC=C7)n4)cc3)ccc2CC1. The molecule has 2 aliphatic carbocycles. The molecule has 0 fully saturated rings. The van der Waals surface area contributed by atoms with Gasteiger partial charge in [0.15, 0.2) is 17.5 Å². The summed E-state index contributed by atoms with van der Waals surface area (Å²) in [5.74, 6) is 2.06. The minimum atomic E-state index is 0.683. The summed E-state index contributed by atoms with van der Waals surface area (Å²) in [4.78, 5) is 16.4. The fourth-order valence-corrected chi connectivity index (χ4v) is 7.11. The van der Waals surface area contributed by atoms with Crippen molar-refractivity contribution in [1.29, 1.82) is 0 Å². The first-order valence-electron chi connectivity index (χ1n) is 14.2. The standard InChI is InChI=1S/C37H27N3S/c1-2-9-26(10-3-1)35-38-36(27-17-14-25(15-18-27)29-19-16-24-8-4-5-11-28(24)22-29)40-37(39-35)30-20-21-32-31-12-6-7-13-33(31)41-34(32)23-30/h1-3,5-6,9-12,14-23H,4,7-8,13H2. The molecule has 0 atom stereocenters. The molecule has 0 unspecified atom stereocenters. The first-order valence-corrected chi connectivity index (χ1v) is 15.0. The molecule has 41 heavy (non-hydrogen) atoms. The fraction of sp³-hybridized carbons (Fsp3) is 0.108. The van der Waals surface area contributed by atoms with Crippen molar-refractivity contribution in [3.8, 4) is 45.3 Å². The largest absolute Gasteiger partial charge is 0.208 e. The molecule has 4 heteroatoms. The van der Waals surface area contributed by atoms with Crippen LogP contribution in [-0.2, 0) is 12.8 Å². The van der Waals surface area contributed by atoms with Crippen LogP contribution in [0.5, 0.6) is 0 Å². The average Bonchev–Trinajstić information content (AvgIpc) is 3.43. The van der Waals surface area contributed by atoms with Crippen molar-refractivity contribution in [2.75, 3.05) is 0 Å². The van der Waals surface area contributed by atoms with E-state index in [1.54, 1.807) is 0 Å². The Morgan fingerprint density at radius 3 is 2.02 bits per heavy atom. The van der Waals surface area contributed by atoms with Crippen molar-refractivity contribution in [3.63, 3.8) is 0 Å². The van der Waals surface area contributed by atoms with E-state index in [1.165, 1.54) is 42.8 Å². The third-order valence-electron chi connectivity index (χ3n) is 8.05. The van der Waals surface area contributed by atoms with E-state index in [1.807, 2.05) is 29.5 Å². The number of aromatic nitrogens is 3. The van der Waals surface area contributed by atoms with E-state index in [-0.39, 0.29) is 0 Å². The Morgan fingerprint density at radius 2 is 1.20 bits per heavy atom. The van der Waals surface area contributed by atoms with Crippen LogP contribution in [0.3, 0.4) is 0 Å². The van der Waals surface area contributed by atoms with Crippen molar-refractivity contribution in [3.05, 3.63) is 125 Å². The predicted octanol–water partition coefficient (Wildman–Crippen LogP) is 9.67. The Balaban J connectivity index is 1.20. The van der Waals surface area contributed by atoms with Gasteiger partial charge in [-0.2, -0.15) is 0 Å². The second-order valence-electron chi connectivity index (χ2n) is 10.7. The van der Waals surface area contributed by atoms with E-state index in [0.717, 1.165) is 42.4 Å². The molecule has 0 amide bonds. The molecule has 2 aromatic heterocycles. The van der Waals surface area contributed by atoms with E-state index in [2.05, 4.69) is 97.1 Å². The van der Waals surface area contributed by atoms with Crippen molar-refractivity contribution >= 4 is 33.6 Å². The Bertz CT molecular complexity index is 1980. The number of fused-ring (bicyclic) bond motifs is 4. The molecule has 196 valence electrons. The molecule has 0 spiro atoms. The van der Waals surface area contributed by atoms with E-state index >= 15 is 0 Å². The van der Waals surface area contributed by atoms with Crippen LogP contribution in [-0.4, -0.2) is 15.0 Å². The fourth-order valence-electron chi connectivity index (χ4n) is 5.86. The summed E-state index contributed by atoms with van der Waals surface area (Å²) in [5.41, 5.74) is 9.51. The van der Waals surface area contributed by atoms with Gasteiger partial charge in [0.2, 0.25) is 0 Å². The summed E-state index contributed by atoms with van der Waals surface area (Å²) in [7, 11) is 0. The van der Waals surface area contributed by atoms with Gasteiger partial charge >= 0.3 is 0 Å². The van der Waals surface area contributed by atoms with Crippen molar-refractivity contribution in [1.82, 2.24) is 15.0 Å². The number of hydrogen-bond donors (Lipinski definition) is 0. The molecule has 3 nitrogen and oxygen atoms in total. The summed E-state index contributed by atoms with van der Waals surface area (Å²) < 4.78 is 1.28. The lowest BCUT2D eigenvalue weighted by Gasteiger charge is -2.12. The normalized spacial score (nSPS) is 13.8. The summed E-state index contributed by atoms with van der Waals surface area (Å²) in [6.07, 6.45) is 13.5. The van der Waals surface area contributed by atoms with Crippen LogP contribution >= 0.6 is 11.3 Å². The van der Waals surface area contributed by atoms with Gasteiger partial charge in [-0.05, 0) is 71.0 Å². The molecule has 2 aliphatic rings. The molecule has 8 rings (SSSR count). The van der Waals surface area contributed by atoms with E-state index in [0.29, 0.717) is 17.5 Å². The molecular weight excluding hydrogens is 518 g/mol. The Morgan fingerprint density at radius 1 is 0.537 bits per heavy atom. The van der Waals surface area contributed by atoms with Gasteiger partial charge in [0.1, 0.15) is 0 Å². The van der Waals surface area contributed by atoms with Crippen LogP contribution in [0.25, 0.3) is 67.5 Å². The van der Waals surface area contributed by atoms with Crippen LogP contribution in [0.2, 0.25) is 0 Å². The molecule has 0 saturated heterocycles. The van der Waals surface area contributed by atoms with Gasteiger partial charge in [0, 0.05) is 26.3 Å². The van der Waals surface area contributed by atoms with Crippen LogP contribution in [0.15, 0.2) is 103 Å².